The van der Waals surface area contributed by atoms with E-state index < -0.39 is 30.1 Å². The summed E-state index contributed by atoms with van der Waals surface area (Å²) in [6, 6.07) is 28.9. The first-order valence-corrected chi connectivity index (χ1v) is 14.5. The fourth-order valence-electron chi connectivity index (χ4n) is 5.03. The van der Waals surface area contributed by atoms with Crippen molar-refractivity contribution in [3.63, 3.8) is 0 Å². The standard InChI is InChI=1S/C33H29IN2O6/c1-20(41-18-21-9-3-2-4-10-21)30(31(37)35-29-17-22(32(38)39)15-16-28(29)34)36-33(40)42-19-27-25-13-7-5-11-23(25)24-12-6-8-14-26(24)27/h2-17,20,27,30H,18-19H2,1H3,(H,35,37)(H,36,40)(H,38,39)/t20-,30+/m0/s1. The Hall–Kier alpha value is -4.22. The van der Waals surface area contributed by atoms with Gasteiger partial charge < -0.3 is 25.2 Å². The Morgan fingerprint density at radius 2 is 1.50 bits per heavy atom. The second-order valence-electron chi connectivity index (χ2n) is 9.94. The van der Waals surface area contributed by atoms with Crippen LogP contribution in [0.3, 0.4) is 0 Å². The molecule has 9 heteroatoms. The number of hydrogen-bond acceptors (Lipinski definition) is 5. The van der Waals surface area contributed by atoms with Crippen molar-refractivity contribution in [1.82, 2.24) is 5.32 Å². The number of carboxylic acid groups (broad SMARTS) is 1. The van der Waals surface area contributed by atoms with Crippen molar-refractivity contribution in [2.24, 2.45) is 0 Å². The van der Waals surface area contributed by atoms with Crippen LogP contribution >= 0.6 is 22.6 Å². The number of halogens is 1. The van der Waals surface area contributed by atoms with Crippen molar-refractivity contribution in [3.8, 4) is 11.1 Å². The number of carbonyl (C=O) groups is 3. The van der Waals surface area contributed by atoms with Gasteiger partial charge in [-0.3, -0.25) is 4.79 Å². The Morgan fingerprint density at radius 1 is 0.881 bits per heavy atom. The number of rotatable bonds is 10. The Morgan fingerprint density at radius 3 is 2.14 bits per heavy atom. The van der Waals surface area contributed by atoms with Crippen molar-refractivity contribution in [2.45, 2.75) is 31.6 Å². The second kappa shape index (κ2) is 13.2. The Labute approximate surface area is 257 Å². The Bertz CT molecular complexity index is 1560. The predicted molar refractivity (Wildman–Crippen MR) is 167 cm³/mol. The summed E-state index contributed by atoms with van der Waals surface area (Å²) in [7, 11) is 0. The van der Waals surface area contributed by atoms with Gasteiger partial charge in [0.2, 0.25) is 5.91 Å². The first kappa shape index (κ1) is 29.3. The van der Waals surface area contributed by atoms with Gasteiger partial charge in [-0.25, -0.2) is 9.59 Å². The number of carboxylic acids is 1. The largest absolute Gasteiger partial charge is 0.478 e. The molecule has 4 aromatic carbocycles. The van der Waals surface area contributed by atoms with Crippen LogP contribution in [-0.4, -0.2) is 41.8 Å². The minimum absolute atomic E-state index is 0.0279. The lowest BCUT2D eigenvalue weighted by Gasteiger charge is -2.25. The molecule has 0 saturated carbocycles. The molecule has 0 heterocycles. The lowest BCUT2D eigenvalue weighted by Crippen LogP contribution is -2.51. The molecular formula is C33H29IN2O6. The lowest BCUT2D eigenvalue weighted by molar-refractivity contribution is -0.122. The number of amides is 2. The number of benzene rings is 4. The predicted octanol–water partition coefficient (Wildman–Crippen LogP) is 6.44. The zero-order valence-electron chi connectivity index (χ0n) is 22.8. The first-order valence-electron chi connectivity index (χ1n) is 13.4. The average molecular weight is 677 g/mol. The summed E-state index contributed by atoms with van der Waals surface area (Å²) in [4.78, 5) is 38.1. The van der Waals surface area contributed by atoms with Gasteiger partial charge in [0.15, 0.2) is 0 Å². The van der Waals surface area contributed by atoms with Crippen LogP contribution in [0, 0.1) is 3.57 Å². The minimum atomic E-state index is -1.13. The van der Waals surface area contributed by atoms with Crippen molar-refractivity contribution >= 4 is 46.2 Å². The molecule has 2 amide bonds. The van der Waals surface area contributed by atoms with Gasteiger partial charge in [-0.15, -0.1) is 0 Å². The van der Waals surface area contributed by atoms with Crippen LogP contribution < -0.4 is 10.6 Å². The highest BCUT2D eigenvalue weighted by Gasteiger charge is 2.32. The van der Waals surface area contributed by atoms with Crippen molar-refractivity contribution in [3.05, 3.63) is 123 Å². The summed E-state index contributed by atoms with van der Waals surface area (Å²) < 4.78 is 12.3. The molecule has 1 aliphatic carbocycles. The highest BCUT2D eigenvalue weighted by molar-refractivity contribution is 14.1. The second-order valence-corrected chi connectivity index (χ2v) is 11.1. The van der Waals surface area contributed by atoms with Gasteiger partial charge in [0.25, 0.3) is 0 Å². The van der Waals surface area contributed by atoms with Gasteiger partial charge in [0.05, 0.1) is 24.0 Å². The Kier molecular flexibility index (Phi) is 9.19. The molecule has 0 aromatic heterocycles. The molecule has 42 heavy (non-hydrogen) atoms. The highest BCUT2D eigenvalue weighted by Crippen LogP contribution is 2.44. The van der Waals surface area contributed by atoms with E-state index in [9.17, 15) is 19.5 Å². The SMILES string of the molecule is C[C@H](OCc1ccccc1)[C@@H](NC(=O)OCC1c2ccccc2-c2ccccc21)C(=O)Nc1cc(C(=O)O)ccc1I. The normalized spacial score (nSPS) is 13.4. The molecule has 0 bridgehead atoms. The van der Waals surface area contributed by atoms with E-state index in [4.69, 9.17) is 9.47 Å². The molecule has 1 aliphatic rings. The molecule has 0 aliphatic heterocycles. The van der Waals surface area contributed by atoms with Crippen molar-refractivity contribution in [1.29, 1.82) is 0 Å². The summed E-state index contributed by atoms with van der Waals surface area (Å²) in [6.45, 7) is 2.01. The summed E-state index contributed by atoms with van der Waals surface area (Å²) in [5.41, 5.74) is 5.63. The molecule has 0 unspecified atom stereocenters. The number of aromatic carboxylic acids is 1. The van der Waals surface area contributed by atoms with Gasteiger partial charge in [-0.1, -0.05) is 78.9 Å². The quantitative estimate of drug-likeness (QED) is 0.167. The van der Waals surface area contributed by atoms with E-state index in [2.05, 4.69) is 22.8 Å². The number of hydrogen-bond donors (Lipinski definition) is 3. The van der Waals surface area contributed by atoms with Crippen molar-refractivity contribution < 1.29 is 29.0 Å². The van der Waals surface area contributed by atoms with Crippen LogP contribution in [0.1, 0.15) is 39.9 Å². The molecule has 0 radical (unpaired) electrons. The van der Waals surface area contributed by atoms with Crippen LogP contribution in [-0.2, 0) is 20.9 Å². The van der Waals surface area contributed by atoms with E-state index in [1.165, 1.54) is 12.1 Å². The van der Waals surface area contributed by atoms with Crippen LogP contribution in [0.4, 0.5) is 10.5 Å². The van der Waals surface area contributed by atoms with Gasteiger partial charge in [0.1, 0.15) is 12.6 Å². The molecule has 0 fully saturated rings. The monoisotopic (exact) mass is 676 g/mol. The summed E-state index contributed by atoms with van der Waals surface area (Å²) in [5.74, 6) is -1.82. The maximum Gasteiger partial charge on any atom is 0.407 e. The van der Waals surface area contributed by atoms with E-state index in [0.717, 1.165) is 27.8 Å². The zero-order valence-corrected chi connectivity index (χ0v) is 24.9. The van der Waals surface area contributed by atoms with E-state index in [1.54, 1.807) is 13.0 Å². The third-order valence-electron chi connectivity index (χ3n) is 7.20. The molecule has 2 atom stereocenters. The zero-order chi connectivity index (χ0) is 29.6. The van der Waals surface area contributed by atoms with Crippen LogP contribution in [0.15, 0.2) is 97.1 Å². The van der Waals surface area contributed by atoms with E-state index in [1.807, 2.05) is 89.3 Å². The molecule has 4 aromatic rings. The Balaban J connectivity index is 1.31. The summed E-state index contributed by atoms with van der Waals surface area (Å²) in [5, 5.41) is 14.8. The molecular weight excluding hydrogens is 647 g/mol. The third kappa shape index (κ3) is 6.63. The average Bonchev–Trinajstić information content (AvgIpc) is 3.32. The number of nitrogens with one attached hydrogen (secondary N) is 2. The number of fused-ring (bicyclic) bond motifs is 3. The van der Waals surface area contributed by atoms with Crippen LogP contribution in [0.25, 0.3) is 11.1 Å². The van der Waals surface area contributed by atoms with Gasteiger partial charge in [-0.05, 0) is 75.5 Å². The first-order chi connectivity index (χ1) is 20.3. The molecule has 0 spiro atoms. The third-order valence-corrected chi connectivity index (χ3v) is 8.14. The summed E-state index contributed by atoms with van der Waals surface area (Å²) >= 11 is 2.01. The maximum absolute atomic E-state index is 13.5. The fourth-order valence-corrected chi connectivity index (χ4v) is 5.50. The van der Waals surface area contributed by atoms with Gasteiger partial charge in [-0.2, -0.15) is 0 Å². The van der Waals surface area contributed by atoms with E-state index in [0.29, 0.717) is 9.26 Å². The molecule has 8 nitrogen and oxygen atoms in total. The molecule has 3 N–H and O–H groups in total. The minimum Gasteiger partial charge on any atom is -0.478 e. The fraction of sp³-hybridized carbons (Fsp3) is 0.182. The lowest BCUT2D eigenvalue weighted by atomic mass is 9.98. The van der Waals surface area contributed by atoms with Crippen LogP contribution in [0.2, 0.25) is 0 Å². The molecule has 0 saturated heterocycles. The summed E-state index contributed by atoms with van der Waals surface area (Å²) in [6.07, 6.45) is -1.51. The van der Waals surface area contributed by atoms with E-state index in [-0.39, 0.29) is 24.7 Å². The van der Waals surface area contributed by atoms with Crippen molar-refractivity contribution in [2.75, 3.05) is 11.9 Å². The van der Waals surface area contributed by atoms with E-state index >= 15 is 0 Å². The number of carbonyl (C=O) groups excluding carboxylic acids is 2. The van der Waals surface area contributed by atoms with Gasteiger partial charge in [0, 0.05) is 9.49 Å². The van der Waals surface area contributed by atoms with Crippen LogP contribution in [0.5, 0.6) is 0 Å². The smallest absolute Gasteiger partial charge is 0.407 e. The highest BCUT2D eigenvalue weighted by atomic mass is 127. The maximum atomic E-state index is 13.5. The topological polar surface area (TPSA) is 114 Å². The number of ether oxygens (including phenoxy) is 2. The molecule has 214 valence electrons. The van der Waals surface area contributed by atoms with Gasteiger partial charge >= 0.3 is 12.1 Å². The molecule has 5 rings (SSSR count). The number of alkyl carbamates (subject to hydrolysis) is 1. The number of anilines is 1.